The second-order valence-corrected chi connectivity index (χ2v) is 5.49. The zero-order valence-electron chi connectivity index (χ0n) is 11.0. The molecule has 0 saturated heterocycles. The molecule has 4 rings (SSSR count). The molecule has 2 heterocycles. The third-order valence-corrected chi connectivity index (χ3v) is 4.37. The van der Waals surface area contributed by atoms with Crippen molar-refractivity contribution in [3.63, 3.8) is 0 Å². The van der Waals surface area contributed by atoms with E-state index in [1.54, 1.807) is 12.3 Å². The molecule has 2 nitrogen and oxygen atoms in total. The van der Waals surface area contributed by atoms with Gasteiger partial charge in [0.05, 0.1) is 6.04 Å². The van der Waals surface area contributed by atoms with Crippen molar-refractivity contribution in [2.24, 2.45) is 5.92 Å². The van der Waals surface area contributed by atoms with Crippen molar-refractivity contribution in [3.8, 4) is 0 Å². The molecule has 0 unspecified atom stereocenters. The second-order valence-electron chi connectivity index (χ2n) is 5.49. The minimum Gasteiger partial charge on any atom is -0.378 e. The van der Waals surface area contributed by atoms with Gasteiger partial charge in [-0.1, -0.05) is 18.2 Å². The van der Waals surface area contributed by atoms with Crippen molar-refractivity contribution in [2.75, 3.05) is 5.32 Å². The Hall–Kier alpha value is -2.16. The molecule has 100 valence electrons. The molecule has 0 radical (unpaired) electrons. The lowest BCUT2D eigenvalue weighted by Gasteiger charge is -2.37. The van der Waals surface area contributed by atoms with Gasteiger partial charge < -0.3 is 5.32 Å². The van der Waals surface area contributed by atoms with Gasteiger partial charge in [0.25, 0.3) is 0 Å². The van der Waals surface area contributed by atoms with Crippen LogP contribution in [0.5, 0.6) is 0 Å². The van der Waals surface area contributed by atoms with Gasteiger partial charge in [-0.05, 0) is 47.7 Å². The summed E-state index contributed by atoms with van der Waals surface area (Å²) in [7, 11) is 0. The lowest BCUT2D eigenvalue weighted by molar-refractivity contribution is 0.423. The molecule has 2 aliphatic rings. The summed E-state index contributed by atoms with van der Waals surface area (Å²) in [5.74, 6) is 0.574. The van der Waals surface area contributed by atoms with Crippen molar-refractivity contribution in [2.45, 2.75) is 18.4 Å². The number of hydrogen-bond acceptors (Lipinski definition) is 2. The maximum Gasteiger partial charge on any atom is 0.123 e. The second kappa shape index (κ2) is 4.44. The van der Waals surface area contributed by atoms with Gasteiger partial charge in [0.1, 0.15) is 5.82 Å². The van der Waals surface area contributed by atoms with Crippen molar-refractivity contribution >= 4 is 5.69 Å². The van der Waals surface area contributed by atoms with E-state index in [9.17, 15) is 4.39 Å². The summed E-state index contributed by atoms with van der Waals surface area (Å²) in [4.78, 5) is 4.22. The minimum atomic E-state index is -0.163. The van der Waals surface area contributed by atoms with Gasteiger partial charge in [-0.15, -0.1) is 0 Å². The Morgan fingerprint density at radius 3 is 3.05 bits per heavy atom. The smallest absolute Gasteiger partial charge is 0.123 e. The van der Waals surface area contributed by atoms with E-state index in [0.29, 0.717) is 11.8 Å². The van der Waals surface area contributed by atoms with E-state index in [-0.39, 0.29) is 11.9 Å². The maximum absolute atomic E-state index is 13.5. The van der Waals surface area contributed by atoms with Crippen LogP contribution in [0.25, 0.3) is 0 Å². The van der Waals surface area contributed by atoms with Crippen LogP contribution in [0.3, 0.4) is 0 Å². The van der Waals surface area contributed by atoms with Gasteiger partial charge in [-0.2, -0.15) is 0 Å². The number of aromatic nitrogens is 1. The zero-order chi connectivity index (χ0) is 13.5. The van der Waals surface area contributed by atoms with Crippen LogP contribution in [0.4, 0.5) is 10.1 Å². The highest BCUT2D eigenvalue weighted by Gasteiger charge is 2.37. The first-order valence-corrected chi connectivity index (χ1v) is 6.95. The number of hydrogen-bond donors (Lipinski definition) is 1. The molecule has 1 aliphatic heterocycles. The molecule has 0 saturated carbocycles. The number of nitrogens with one attached hydrogen (secondary N) is 1. The first-order chi connectivity index (χ1) is 9.83. The number of allylic oxidation sites excluding steroid dienone is 2. The highest BCUT2D eigenvalue weighted by molar-refractivity contribution is 5.59. The highest BCUT2D eigenvalue weighted by atomic mass is 19.1. The normalized spacial score (nSPS) is 26.8. The van der Waals surface area contributed by atoms with E-state index in [1.165, 1.54) is 11.6 Å². The lowest BCUT2D eigenvalue weighted by atomic mass is 9.77. The van der Waals surface area contributed by atoms with Crippen LogP contribution in [0.15, 0.2) is 54.9 Å². The third kappa shape index (κ3) is 1.73. The van der Waals surface area contributed by atoms with Crippen LogP contribution in [0, 0.1) is 11.7 Å². The number of nitrogens with zero attached hydrogens (tertiary/aromatic N) is 1. The van der Waals surface area contributed by atoms with Crippen molar-refractivity contribution in [3.05, 3.63) is 71.8 Å². The minimum absolute atomic E-state index is 0.163. The summed E-state index contributed by atoms with van der Waals surface area (Å²) in [6.45, 7) is 0. The number of anilines is 1. The predicted molar refractivity (Wildman–Crippen MR) is 77.0 cm³/mol. The summed E-state index contributed by atoms with van der Waals surface area (Å²) in [6, 6.07) is 9.33. The molecular formula is C17H15FN2. The number of rotatable bonds is 1. The molecule has 0 amide bonds. The standard InChI is InChI=1S/C17H15FN2/c18-12-6-7-16-15(9-12)13-4-1-5-14(13)17(20-16)11-3-2-8-19-10-11/h1-4,6-10,13-14,17,20H,5H2/t13-,14-,17+/m1/s1. The third-order valence-electron chi connectivity index (χ3n) is 4.37. The van der Waals surface area contributed by atoms with E-state index in [0.717, 1.165) is 17.7 Å². The van der Waals surface area contributed by atoms with Crippen LogP contribution < -0.4 is 5.32 Å². The average molecular weight is 266 g/mol. The Labute approximate surface area is 117 Å². The fourth-order valence-corrected chi connectivity index (χ4v) is 3.46. The molecule has 0 bridgehead atoms. The van der Waals surface area contributed by atoms with Crippen LogP contribution in [-0.4, -0.2) is 4.98 Å². The maximum atomic E-state index is 13.5. The van der Waals surface area contributed by atoms with Gasteiger partial charge in [0, 0.05) is 24.0 Å². The van der Waals surface area contributed by atoms with Crippen LogP contribution >= 0.6 is 0 Å². The fraction of sp³-hybridized carbons (Fsp3) is 0.235. The molecule has 0 spiro atoms. The summed E-state index contributed by atoms with van der Waals surface area (Å²) in [6.07, 6.45) is 9.16. The van der Waals surface area contributed by atoms with Gasteiger partial charge >= 0.3 is 0 Å². The van der Waals surface area contributed by atoms with E-state index < -0.39 is 0 Å². The van der Waals surface area contributed by atoms with E-state index >= 15 is 0 Å². The van der Waals surface area contributed by atoms with Gasteiger partial charge in [-0.25, -0.2) is 4.39 Å². The van der Waals surface area contributed by atoms with Gasteiger partial charge in [0.2, 0.25) is 0 Å². The molecule has 20 heavy (non-hydrogen) atoms. The Balaban J connectivity index is 1.80. The van der Waals surface area contributed by atoms with Crippen molar-refractivity contribution < 1.29 is 4.39 Å². The van der Waals surface area contributed by atoms with Crippen LogP contribution in [0.1, 0.15) is 29.5 Å². The molecule has 1 aromatic heterocycles. The predicted octanol–water partition coefficient (Wildman–Crippen LogP) is 4.05. The van der Waals surface area contributed by atoms with Crippen molar-refractivity contribution in [1.29, 1.82) is 0 Å². The number of pyridine rings is 1. The monoisotopic (exact) mass is 266 g/mol. The van der Waals surface area contributed by atoms with Crippen molar-refractivity contribution in [1.82, 2.24) is 4.98 Å². The summed E-state index contributed by atoms with van der Waals surface area (Å²) in [5.41, 5.74) is 3.30. The molecule has 0 fully saturated rings. The van der Waals surface area contributed by atoms with Crippen LogP contribution in [-0.2, 0) is 0 Å². The van der Waals surface area contributed by atoms with E-state index in [2.05, 4.69) is 28.5 Å². The van der Waals surface area contributed by atoms with Gasteiger partial charge in [-0.3, -0.25) is 4.98 Å². The SMILES string of the molecule is Fc1ccc2c(c1)[C@@H]1C=CC[C@H]1[C@H](c1cccnc1)N2. The molecule has 2 aromatic rings. The summed E-state index contributed by atoms with van der Waals surface area (Å²) >= 11 is 0. The first-order valence-electron chi connectivity index (χ1n) is 6.95. The Morgan fingerprint density at radius 1 is 1.25 bits per heavy atom. The fourth-order valence-electron chi connectivity index (χ4n) is 3.46. The molecule has 1 N–H and O–H groups in total. The Bertz CT molecular complexity index is 666. The number of halogens is 1. The summed E-state index contributed by atoms with van der Waals surface area (Å²) < 4.78 is 13.5. The Morgan fingerprint density at radius 2 is 2.20 bits per heavy atom. The first kappa shape index (κ1) is 11.6. The molecule has 3 atom stereocenters. The van der Waals surface area contributed by atoms with E-state index in [1.807, 2.05) is 18.3 Å². The molecule has 1 aliphatic carbocycles. The molecule has 3 heteroatoms. The topological polar surface area (TPSA) is 24.9 Å². The summed E-state index contributed by atoms with van der Waals surface area (Å²) in [5, 5.41) is 3.57. The van der Waals surface area contributed by atoms with E-state index in [4.69, 9.17) is 0 Å². The highest BCUT2D eigenvalue weighted by Crippen LogP contribution is 2.49. The number of benzene rings is 1. The number of fused-ring (bicyclic) bond motifs is 3. The molecular weight excluding hydrogens is 251 g/mol. The van der Waals surface area contributed by atoms with Crippen LogP contribution in [0.2, 0.25) is 0 Å². The molecule has 1 aromatic carbocycles. The van der Waals surface area contributed by atoms with Gasteiger partial charge in [0.15, 0.2) is 0 Å². The average Bonchev–Trinajstić information content (AvgIpc) is 2.97. The Kier molecular flexibility index (Phi) is 2.59. The zero-order valence-corrected chi connectivity index (χ0v) is 11.0. The quantitative estimate of drug-likeness (QED) is 0.788. The largest absolute Gasteiger partial charge is 0.378 e. The lowest BCUT2D eigenvalue weighted by Crippen LogP contribution is -2.29.